The predicted octanol–water partition coefficient (Wildman–Crippen LogP) is 2.67. The summed E-state index contributed by atoms with van der Waals surface area (Å²) < 4.78 is 0. The molecule has 0 radical (unpaired) electrons. The standard InChI is InChI=1S/C16H26N2O/c1-4-12(3)15(13-9-7-6-8-10-13)16(19)18-14(5-2)11-17/h6-10,12,14-15H,4-5,11,17H2,1-3H3,(H,18,19). The van der Waals surface area contributed by atoms with E-state index in [1.165, 1.54) is 0 Å². The van der Waals surface area contributed by atoms with Crippen molar-refractivity contribution in [1.82, 2.24) is 5.32 Å². The predicted molar refractivity (Wildman–Crippen MR) is 79.9 cm³/mol. The van der Waals surface area contributed by atoms with Gasteiger partial charge in [0.15, 0.2) is 0 Å². The fourth-order valence-corrected chi connectivity index (χ4v) is 2.25. The molecule has 1 amide bonds. The number of hydrogen-bond donors (Lipinski definition) is 2. The van der Waals surface area contributed by atoms with Crippen molar-refractivity contribution in [1.29, 1.82) is 0 Å². The lowest BCUT2D eigenvalue weighted by Crippen LogP contribution is -2.43. The first-order valence-electron chi connectivity index (χ1n) is 7.19. The Morgan fingerprint density at radius 1 is 1.21 bits per heavy atom. The van der Waals surface area contributed by atoms with E-state index in [1.807, 2.05) is 37.3 Å². The van der Waals surface area contributed by atoms with Crippen molar-refractivity contribution >= 4 is 5.91 Å². The molecule has 0 aromatic heterocycles. The van der Waals surface area contributed by atoms with Gasteiger partial charge in [0.25, 0.3) is 0 Å². The number of rotatable bonds is 7. The summed E-state index contributed by atoms with van der Waals surface area (Å²) in [5.74, 6) is 0.322. The fourth-order valence-electron chi connectivity index (χ4n) is 2.25. The van der Waals surface area contributed by atoms with Crippen LogP contribution in [0.2, 0.25) is 0 Å². The van der Waals surface area contributed by atoms with Gasteiger partial charge in [-0.1, -0.05) is 57.5 Å². The number of benzene rings is 1. The second-order valence-electron chi connectivity index (χ2n) is 5.12. The zero-order valence-electron chi connectivity index (χ0n) is 12.2. The first-order valence-corrected chi connectivity index (χ1v) is 7.19. The molecule has 0 aliphatic carbocycles. The summed E-state index contributed by atoms with van der Waals surface area (Å²) in [6.07, 6.45) is 1.84. The Morgan fingerprint density at radius 3 is 2.32 bits per heavy atom. The number of amides is 1. The lowest BCUT2D eigenvalue weighted by atomic mass is 9.84. The molecule has 3 unspecified atom stereocenters. The van der Waals surface area contributed by atoms with E-state index < -0.39 is 0 Å². The van der Waals surface area contributed by atoms with Crippen LogP contribution in [0.15, 0.2) is 30.3 Å². The Morgan fingerprint density at radius 2 is 1.84 bits per heavy atom. The van der Waals surface area contributed by atoms with Gasteiger partial charge in [0.1, 0.15) is 0 Å². The molecule has 0 spiro atoms. The average Bonchev–Trinajstić information content (AvgIpc) is 2.45. The Balaban J connectivity index is 2.89. The molecule has 0 saturated carbocycles. The molecule has 0 bridgehead atoms. The molecule has 0 saturated heterocycles. The summed E-state index contributed by atoms with van der Waals surface area (Å²) >= 11 is 0. The van der Waals surface area contributed by atoms with Gasteiger partial charge >= 0.3 is 0 Å². The van der Waals surface area contributed by atoms with Gasteiger partial charge in [-0.25, -0.2) is 0 Å². The van der Waals surface area contributed by atoms with Crippen LogP contribution >= 0.6 is 0 Å². The maximum absolute atomic E-state index is 12.5. The van der Waals surface area contributed by atoms with Gasteiger partial charge in [-0.3, -0.25) is 4.79 Å². The van der Waals surface area contributed by atoms with E-state index in [0.717, 1.165) is 18.4 Å². The number of carbonyl (C=O) groups excluding carboxylic acids is 1. The van der Waals surface area contributed by atoms with Gasteiger partial charge in [-0.15, -0.1) is 0 Å². The van der Waals surface area contributed by atoms with Crippen LogP contribution in [0.5, 0.6) is 0 Å². The highest BCUT2D eigenvalue weighted by atomic mass is 16.2. The molecule has 106 valence electrons. The zero-order chi connectivity index (χ0) is 14.3. The van der Waals surface area contributed by atoms with Gasteiger partial charge in [-0.05, 0) is 17.9 Å². The van der Waals surface area contributed by atoms with Crippen LogP contribution < -0.4 is 11.1 Å². The maximum atomic E-state index is 12.5. The van der Waals surface area contributed by atoms with Crippen LogP contribution in [0.3, 0.4) is 0 Å². The highest BCUT2D eigenvalue weighted by Gasteiger charge is 2.26. The molecule has 0 fully saturated rings. The third-order valence-corrected chi connectivity index (χ3v) is 3.78. The van der Waals surface area contributed by atoms with Crippen molar-refractivity contribution in [2.45, 2.75) is 45.6 Å². The highest BCUT2D eigenvalue weighted by Crippen LogP contribution is 2.27. The second-order valence-corrected chi connectivity index (χ2v) is 5.12. The summed E-state index contributed by atoms with van der Waals surface area (Å²) in [6.45, 7) is 6.78. The molecule has 3 nitrogen and oxygen atoms in total. The van der Waals surface area contributed by atoms with Crippen molar-refractivity contribution in [2.24, 2.45) is 11.7 Å². The zero-order valence-corrected chi connectivity index (χ0v) is 12.2. The summed E-state index contributed by atoms with van der Waals surface area (Å²) in [4.78, 5) is 12.5. The van der Waals surface area contributed by atoms with Gasteiger partial charge < -0.3 is 11.1 Å². The van der Waals surface area contributed by atoms with E-state index in [1.54, 1.807) is 0 Å². The lowest BCUT2D eigenvalue weighted by Gasteiger charge is -2.25. The van der Waals surface area contributed by atoms with Crippen molar-refractivity contribution in [2.75, 3.05) is 6.54 Å². The van der Waals surface area contributed by atoms with Crippen LogP contribution in [-0.4, -0.2) is 18.5 Å². The molecule has 3 N–H and O–H groups in total. The largest absolute Gasteiger partial charge is 0.352 e. The Bertz CT molecular complexity index is 374. The minimum atomic E-state index is -0.0909. The van der Waals surface area contributed by atoms with Crippen LogP contribution in [0.1, 0.15) is 45.1 Å². The molecular formula is C16H26N2O. The minimum Gasteiger partial charge on any atom is -0.352 e. The van der Waals surface area contributed by atoms with Crippen molar-refractivity contribution in [3.63, 3.8) is 0 Å². The summed E-state index contributed by atoms with van der Waals surface area (Å²) in [7, 11) is 0. The second kappa shape index (κ2) is 7.95. The lowest BCUT2D eigenvalue weighted by molar-refractivity contribution is -0.124. The molecule has 1 rings (SSSR count). The Kier molecular flexibility index (Phi) is 6.57. The van der Waals surface area contributed by atoms with Crippen LogP contribution in [0.4, 0.5) is 0 Å². The first-order chi connectivity index (χ1) is 9.13. The van der Waals surface area contributed by atoms with Gasteiger partial charge in [0, 0.05) is 12.6 Å². The van der Waals surface area contributed by atoms with E-state index in [4.69, 9.17) is 5.73 Å². The summed E-state index contributed by atoms with van der Waals surface area (Å²) in [6, 6.07) is 10.1. The van der Waals surface area contributed by atoms with Crippen molar-refractivity contribution < 1.29 is 4.79 Å². The van der Waals surface area contributed by atoms with Gasteiger partial charge in [0.2, 0.25) is 5.91 Å². The smallest absolute Gasteiger partial charge is 0.228 e. The molecule has 0 aliphatic rings. The van der Waals surface area contributed by atoms with Gasteiger partial charge in [-0.2, -0.15) is 0 Å². The normalized spacial score (nSPS) is 15.6. The SMILES string of the molecule is CCC(CN)NC(=O)C(c1ccccc1)C(C)CC. The molecule has 3 atom stereocenters. The van der Waals surface area contributed by atoms with E-state index in [2.05, 4.69) is 19.2 Å². The third kappa shape index (κ3) is 4.35. The molecule has 1 aromatic carbocycles. The Labute approximate surface area is 116 Å². The number of nitrogens with one attached hydrogen (secondary N) is 1. The highest BCUT2D eigenvalue weighted by molar-refractivity contribution is 5.84. The monoisotopic (exact) mass is 262 g/mol. The molecule has 3 heteroatoms. The fraction of sp³-hybridized carbons (Fsp3) is 0.562. The van der Waals surface area contributed by atoms with Crippen molar-refractivity contribution in [3.05, 3.63) is 35.9 Å². The van der Waals surface area contributed by atoms with Crippen LogP contribution in [0, 0.1) is 5.92 Å². The molecular weight excluding hydrogens is 236 g/mol. The summed E-state index contributed by atoms with van der Waals surface area (Å²) in [5, 5.41) is 3.07. The first kappa shape index (κ1) is 15.7. The van der Waals surface area contributed by atoms with Crippen LogP contribution in [0.25, 0.3) is 0 Å². The molecule has 19 heavy (non-hydrogen) atoms. The van der Waals surface area contributed by atoms with E-state index in [0.29, 0.717) is 12.5 Å². The minimum absolute atomic E-state index is 0.0720. The van der Waals surface area contributed by atoms with E-state index in [-0.39, 0.29) is 17.9 Å². The van der Waals surface area contributed by atoms with Crippen LogP contribution in [-0.2, 0) is 4.79 Å². The molecule has 0 heterocycles. The third-order valence-electron chi connectivity index (χ3n) is 3.78. The van der Waals surface area contributed by atoms with Crippen molar-refractivity contribution in [3.8, 4) is 0 Å². The number of nitrogens with two attached hydrogens (primary N) is 1. The molecule has 0 aliphatic heterocycles. The quantitative estimate of drug-likeness (QED) is 0.793. The topological polar surface area (TPSA) is 55.1 Å². The summed E-state index contributed by atoms with van der Waals surface area (Å²) in [5.41, 5.74) is 6.75. The number of carbonyl (C=O) groups is 1. The molecule has 1 aromatic rings. The van der Waals surface area contributed by atoms with E-state index in [9.17, 15) is 4.79 Å². The van der Waals surface area contributed by atoms with E-state index >= 15 is 0 Å². The maximum Gasteiger partial charge on any atom is 0.228 e. The average molecular weight is 262 g/mol. The number of hydrogen-bond acceptors (Lipinski definition) is 2. The van der Waals surface area contributed by atoms with Gasteiger partial charge in [0.05, 0.1) is 5.92 Å². The Hall–Kier alpha value is -1.35.